The molecule has 1 unspecified atom stereocenters. The number of aromatic hydroxyl groups is 1. The van der Waals surface area contributed by atoms with Crippen molar-refractivity contribution in [1.82, 2.24) is 10.6 Å². The lowest BCUT2D eigenvalue weighted by Crippen LogP contribution is -2.46. The van der Waals surface area contributed by atoms with Crippen molar-refractivity contribution in [3.8, 4) is 5.75 Å². The summed E-state index contributed by atoms with van der Waals surface area (Å²) in [6, 6.07) is 4.05. The maximum atomic E-state index is 11.9. The second-order valence-corrected chi connectivity index (χ2v) is 4.86. The van der Waals surface area contributed by atoms with Gasteiger partial charge in [-0.1, -0.05) is 6.07 Å². The minimum absolute atomic E-state index is 0.0234. The van der Waals surface area contributed by atoms with Crippen molar-refractivity contribution < 1.29 is 14.7 Å². The highest BCUT2D eigenvalue weighted by Crippen LogP contribution is 2.17. The molecular weight excluding hydrogens is 244 g/mol. The van der Waals surface area contributed by atoms with Gasteiger partial charge in [0.25, 0.3) is 5.91 Å². The van der Waals surface area contributed by atoms with Gasteiger partial charge in [0.15, 0.2) is 0 Å². The van der Waals surface area contributed by atoms with Crippen molar-refractivity contribution in [2.45, 2.75) is 39.8 Å². The second-order valence-electron chi connectivity index (χ2n) is 4.86. The van der Waals surface area contributed by atoms with Crippen LogP contribution in [0.3, 0.4) is 0 Å². The van der Waals surface area contributed by atoms with E-state index in [1.54, 1.807) is 26.0 Å². The van der Waals surface area contributed by atoms with Gasteiger partial charge in [0.05, 0.1) is 0 Å². The van der Waals surface area contributed by atoms with E-state index in [0.717, 1.165) is 0 Å². The number of phenols is 1. The normalized spacial score (nSPS) is 12.1. The first kappa shape index (κ1) is 15.0. The molecule has 1 rings (SSSR count). The van der Waals surface area contributed by atoms with E-state index in [9.17, 15) is 14.7 Å². The summed E-state index contributed by atoms with van der Waals surface area (Å²) in [6.45, 7) is 7.06. The molecule has 5 heteroatoms. The zero-order chi connectivity index (χ0) is 14.6. The Balaban J connectivity index is 2.68. The van der Waals surface area contributed by atoms with Gasteiger partial charge in [-0.05, 0) is 45.4 Å². The Morgan fingerprint density at radius 2 is 1.79 bits per heavy atom. The first-order valence-corrected chi connectivity index (χ1v) is 6.22. The molecule has 1 atom stereocenters. The molecule has 0 aliphatic rings. The topological polar surface area (TPSA) is 78.4 Å². The largest absolute Gasteiger partial charge is 0.508 e. The van der Waals surface area contributed by atoms with Crippen LogP contribution in [0.1, 0.15) is 36.7 Å². The van der Waals surface area contributed by atoms with Crippen LogP contribution in [0.5, 0.6) is 5.75 Å². The third kappa shape index (κ3) is 4.28. The lowest BCUT2D eigenvalue weighted by Gasteiger charge is -2.16. The number of phenolic OH excluding ortho intramolecular Hbond substituents is 1. The van der Waals surface area contributed by atoms with Gasteiger partial charge < -0.3 is 15.7 Å². The van der Waals surface area contributed by atoms with E-state index in [1.165, 1.54) is 6.07 Å². The van der Waals surface area contributed by atoms with Crippen molar-refractivity contribution in [2.24, 2.45) is 0 Å². The van der Waals surface area contributed by atoms with Crippen LogP contribution in [0, 0.1) is 6.92 Å². The molecule has 0 heterocycles. The number of nitrogens with one attached hydrogen (secondary N) is 2. The maximum absolute atomic E-state index is 11.9. The summed E-state index contributed by atoms with van der Waals surface area (Å²) in [5.41, 5.74) is 1.02. The predicted molar refractivity (Wildman–Crippen MR) is 73.1 cm³/mol. The predicted octanol–water partition coefficient (Wildman–Crippen LogP) is 1.34. The molecule has 0 saturated heterocycles. The average molecular weight is 264 g/mol. The summed E-state index contributed by atoms with van der Waals surface area (Å²) in [5, 5.41) is 14.9. The monoisotopic (exact) mass is 264 g/mol. The van der Waals surface area contributed by atoms with Gasteiger partial charge in [0.1, 0.15) is 11.8 Å². The Morgan fingerprint density at radius 3 is 2.32 bits per heavy atom. The fraction of sp³-hybridized carbons (Fsp3) is 0.429. The van der Waals surface area contributed by atoms with Crippen LogP contribution in [-0.2, 0) is 4.79 Å². The molecule has 0 saturated carbocycles. The van der Waals surface area contributed by atoms with E-state index in [1.807, 2.05) is 13.8 Å². The molecule has 0 spiro atoms. The zero-order valence-corrected chi connectivity index (χ0v) is 11.7. The Bertz CT molecular complexity index is 484. The molecule has 0 fully saturated rings. The molecule has 1 aromatic carbocycles. The summed E-state index contributed by atoms with van der Waals surface area (Å²) in [7, 11) is 0. The van der Waals surface area contributed by atoms with Crippen LogP contribution in [0.2, 0.25) is 0 Å². The first-order chi connectivity index (χ1) is 8.81. The summed E-state index contributed by atoms with van der Waals surface area (Å²) >= 11 is 0. The molecule has 19 heavy (non-hydrogen) atoms. The number of hydrogen-bond acceptors (Lipinski definition) is 3. The van der Waals surface area contributed by atoms with Gasteiger partial charge in [0, 0.05) is 11.6 Å². The molecule has 0 aromatic heterocycles. The van der Waals surface area contributed by atoms with Crippen LogP contribution in [-0.4, -0.2) is 29.0 Å². The molecule has 104 valence electrons. The van der Waals surface area contributed by atoms with Gasteiger partial charge >= 0.3 is 0 Å². The van der Waals surface area contributed by atoms with Gasteiger partial charge in [-0.3, -0.25) is 9.59 Å². The van der Waals surface area contributed by atoms with E-state index in [2.05, 4.69) is 10.6 Å². The van der Waals surface area contributed by atoms with Crippen LogP contribution >= 0.6 is 0 Å². The van der Waals surface area contributed by atoms with Crippen LogP contribution in [0.25, 0.3) is 0 Å². The summed E-state index contributed by atoms with van der Waals surface area (Å²) in [6.07, 6.45) is 0. The molecule has 0 aliphatic carbocycles. The van der Waals surface area contributed by atoms with E-state index >= 15 is 0 Å². The number of carbonyl (C=O) groups is 2. The SMILES string of the molecule is Cc1ccc(C(=O)NC(C)C(=O)NC(C)C)cc1O. The molecule has 2 amide bonds. The smallest absolute Gasteiger partial charge is 0.252 e. The molecule has 0 aliphatic heterocycles. The third-order valence-corrected chi connectivity index (χ3v) is 2.64. The highest BCUT2D eigenvalue weighted by atomic mass is 16.3. The highest BCUT2D eigenvalue weighted by Gasteiger charge is 2.17. The van der Waals surface area contributed by atoms with Crippen LogP contribution in [0.15, 0.2) is 18.2 Å². The van der Waals surface area contributed by atoms with Crippen LogP contribution in [0.4, 0.5) is 0 Å². The van der Waals surface area contributed by atoms with Crippen molar-refractivity contribution in [3.05, 3.63) is 29.3 Å². The van der Waals surface area contributed by atoms with Gasteiger partial charge in [-0.15, -0.1) is 0 Å². The summed E-state index contributed by atoms with van der Waals surface area (Å²) in [5.74, 6) is -0.562. The minimum Gasteiger partial charge on any atom is -0.508 e. The van der Waals surface area contributed by atoms with Gasteiger partial charge in [-0.2, -0.15) is 0 Å². The lowest BCUT2D eigenvalue weighted by atomic mass is 10.1. The molecule has 3 N–H and O–H groups in total. The Hall–Kier alpha value is -2.04. The first-order valence-electron chi connectivity index (χ1n) is 6.22. The number of carbonyl (C=O) groups excluding carboxylic acids is 2. The number of amides is 2. The number of rotatable bonds is 4. The Morgan fingerprint density at radius 1 is 1.16 bits per heavy atom. The molecule has 0 radical (unpaired) electrons. The Kier molecular flexibility index (Phi) is 4.92. The van der Waals surface area contributed by atoms with Crippen LogP contribution < -0.4 is 10.6 Å². The average Bonchev–Trinajstić information content (AvgIpc) is 2.31. The van der Waals surface area contributed by atoms with Crippen molar-refractivity contribution >= 4 is 11.8 Å². The standard InChI is InChI=1S/C14H20N2O3/c1-8(2)15-13(18)10(4)16-14(19)11-6-5-9(3)12(17)7-11/h5-8,10,17H,1-4H3,(H,15,18)(H,16,19). The second kappa shape index (κ2) is 6.22. The summed E-state index contributed by atoms with van der Waals surface area (Å²) < 4.78 is 0. The quantitative estimate of drug-likeness (QED) is 0.768. The molecule has 0 bridgehead atoms. The van der Waals surface area contributed by atoms with Gasteiger partial charge in [0.2, 0.25) is 5.91 Å². The van der Waals surface area contributed by atoms with E-state index in [-0.39, 0.29) is 23.6 Å². The summed E-state index contributed by atoms with van der Waals surface area (Å²) in [4.78, 5) is 23.6. The lowest BCUT2D eigenvalue weighted by molar-refractivity contribution is -0.123. The van der Waals surface area contributed by atoms with Crippen molar-refractivity contribution in [2.75, 3.05) is 0 Å². The number of hydrogen-bond donors (Lipinski definition) is 3. The van der Waals surface area contributed by atoms with E-state index in [0.29, 0.717) is 11.1 Å². The van der Waals surface area contributed by atoms with Crippen molar-refractivity contribution in [1.29, 1.82) is 0 Å². The highest BCUT2D eigenvalue weighted by molar-refractivity contribution is 5.97. The number of aryl methyl sites for hydroxylation is 1. The fourth-order valence-electron chi connectivity index (χ4n) is 1.51. The Labute approximate surface area is 113 Å². The minimum atomic E-state index is -0.627. The van der Waals surface area contributed by atoms with Crippen molar-refractivity contribution in [3.63, 3.8) is 0 Å². The van der Waals surface area contributed by atoms with Gasteiger partial charge in [-0.25, -0.2) is 0 Å². The molecule has 5 nitrogen and oxygen atoms in total. The number of benzene rings is 1. The maximum Gasteiger partial charge on any atom is 0.252 e. The third-order valence-electron chi connectivity index (χ3n) is 2.64. The van der Waals surface area contributed by atoms with E-state index in [4.69, 9.17) is 0 Å². The fourth-order valence-corrected chi connectivity index (χ4v) is 1.51. The molecule has 1 aromatic rings. The zero-order valence-electron chi connectivity index (χ0n) is 11.7. The molecular formula is C14H20N2O3. The van der Waals surface area contributed by atoms with E-state index < -0.39 is 6.04 Å².